The van der Waals surface area contributed by atoms with E-state index in [1.54, 1.807) is 31.4 Å². The van der Waals surface area contributed by atoms with E-state index >= 15 is 0 Å². The third-order valence-corrected chi connectivity index (χ3v) is 5.23. The standard InChI is InChI=1S/C23H22N2O3S/c1-16-10-12-17(13-11-16)24-22(26)15-29-21-9-4-3-8-20(21)23(27)25-18-6-5-7-19(14-18)28-2/h3-14H,15H2,1-2H3,(H,24,26)(H,25,27). The minimum Gasteiger partial charge on any atom is -0.497 e. The Morgan fingerprint density at radius 2 is 1.66 bits per heavy atom. The number of nitrogens with one attached hydrogen (secondary N) is 2. The van der Waals surface area contributed by atoms with Crippen LogP contribution in [0.5, 0.6) is 5.75 Å². The van der Waals surface area contributed by atoms with E-state index in [9.17, 15) is 9.59 Å². The molecule has 0 aromatic heterocycles. The molecule has 0 unspecified atom stereocenters. The Kier molecular flexibility index (Phi) is 6.92. The van der Waals surface area contributed by atoms with E-state index in [1.807, 2.05) is 55.5 Å². The van der Waals surface area contributed by atoms with Crippen molar-refractivity contribution in [1.82, 2.24) is 0 Å². The number of aryl methyl sites for hydroxylation is 1. The summed E-state index contributed by atoms with van der Waals surface area (Å²) in [5, 5.41) is 5.74. The van der Waals surface area contributed by atoms with Gasteiger partial charge in [0, 0.05) is 22.3 Å². The summed E-state index contributed by atoms with van der Waals surface area (Å²) in [5.41, 5.74) is 3.05. The van der Waals surface area contributed by atoms with Crippen LogP contribution < -0.4 is 15.4 Å². The fourth-order valence-corrected chi connectivity index (χ4v) is 3.51. The van der Waals surface area contributed by atoms with E-state index in [1.165, 1.54) is 11.8 Å². The van der Waals surface area contributed by atoms with Gasteiger partial charge in [-0.25, -0.2) is 0 Å². The Hall–Kier alpha value is -3.25. The first kappa shape index (κ1) is 20.5. The minimum absolute atomic E-state index is 0.123. The third-order valence-electron chi connectivity index (χ3n) is 4.15. The lowest BCUT2D eigenvalue weighted by Crippen LogP contribution is -2.16. The van der Waals surface area contributed by atoms with Crippen LogP contribution in [0.2, 0.25) is 0 Å². The second kappa shape index (κ2) is 9.80. The molecule has 0 aliphatic carbocycles. The molecule has 3 aromatic carbocycles. The second-order valence-electron chi connectivity index (χ2n) is 6.39. The number of benzene rings is 3. The van der Waals surface area contributed by atoms with Gasteiger partial charge in [-0.05, 0) is 43.3 Å². The van der Waals surface area contributed by atoms with Crippen molar-refractivity contribution in [1.29, 1.82) is 0 Å². The summed E-state index contributed by atoms with van der Waals surface area (Å²) in [4.78, 5) is 25.7. The number of hydrogen-bond acceptors (Lipinski definition) is 4. The zero-order chi connectivity index (χ0) is 20.6. The van der Waals surface area contributed by atoms with Gasteiger partial charge in [0.2, 0.25) is 5.91 Å². The Balaban J connectivity index is 1.64. The SMILES string of the molecule is COc1cccc(NC(=O)c2ccccc2SCC(=O)Nc2ccc(C)cc2)c1. The van der Waals surface area contributed by atoms with Crippen molar-refractivity contribution in [2.24, 2.45) is 0 Å². The van der Waals surface area contributed by atoms with Gasteiger partial charge in [-0.1, -0.05) is 35.9 Å². The van der Waals surface area contributed by atoms with E-state index in [0.717, 1.165) is 16.1 Å². The normalized spacial score (nSPS) is 10.3. The van der Waals surface area contributed by atoms with Gasteiger partial charge in [-0.15, -0.1) is 11.8 Å². The van der Waals surface area contributed by atoms with E-state index < -0.39 is 0 Å². The van der Waals surface area contributed by atoms with Crippen LogP contribution >= 0.6 is 11.8 Å². The van der Waals surface area contributed by atoms with Crippen molar-refractivity contribution < 1.29 is 14.3 Å². The molecule has 0 heterocycles. The number of methoxy groups -OCH3 is 1. The number of carbonyl (C=O) groups is 2. The van der Waals surface area contributed by atoms with Gasteiger partial charge in [0.05, 0.1) is 18.4 Å². The van der Waals surface area contributed by atoms with Crippen molar-refractivity contribution in [2.75, 3.05) is 23.5 Å². The zero-order valence-corrected chi connectivity index (χ0v) is 17.1. The smallest absolute Gasteiger partial charge is 0.256 e. The summed E-state index contributed by atoms with van der Waals surface area (Å²) in [5.74, 6) is 0.512. The van der Waals surface area contributed by atoms with E-state index in [0.29, 0.717) is 17.0 Å². The summed E-state index contributed by atoms with van der Waals surface area (Å²) in [7, 11) is 1.58. The van der Waals surface area contributed by atoms with Crippen LogP contribution in [-0.2, 0) is 4.79 Å². The quantitative estimate of drug-likeness (QED) is 0.543. The summed E-state index contributed by atoms with van der Waals surface area (Å²) in [6, 6.07) is 22.0. The fraction of sp³-hybridized carbons (Fsp3) is 0.130. The van der Waals surface area contributed by atoms with Crippen LogP contribution in [0.1, 0.15) is 15.9 Å². The second-order valence-corrected chi connectivity index (χ2v) is 7.40. The molecule has 2 N–H and O–H groups in total. The molecule has 0 saturated heterocycles. The molecule has 0 aliphatic heterocycles. The Morgan fingerprint density at radius 3 is 2.41 bits per heavy atom. The topological polar surface area (TPSA) is 67.4 Å². The third kappa shape index (κ3) is 5.86. The molecule has 6 heteroatoms. The molecule has 0 radical (unpaired) electrons. The van der Waals surface area contributed by atoms with Gasteiger partial charge in [0.1, 0.15) is 5.75 Å². The maximum atomic E-state index is 12.7. The van der Waals surface area contributed by atoms with Crippen LogP contribution in [-0.4, -0.2) is 24.7 Å². The zero-order valence-electron chi connectivity index (χ0n) is 16.3. The van der Waals surface area contributed by atoms with E-state index in [4.69, 9.17) is 4.74 Å². The lowest BCUT2D eigenvalue weighted by molar-refractivity contribution is -0.113. The molecule has 148 valence electrons. The van der Waals surface area contributed by atoms with Crippen molar-refractivity contribution in [3.8, 4) is 5.75 Å². The van der Waals surface area contributed by atoms with Crippen molar-refractivity contribution in [3.63, 3.8) is 0 Å². The highest BCUT2D eigenvalue weighted by Crippen LogP contribution is 2.25. The number of thioether (sulfide) groups is 1. The highest BCUT2D eigenvalue weighted by molar-refractivity contribution is 8.00. The van der Waals surface area contributed by atoms with Gasteiger partial charge >= 0.3 is 0 Å². The number of carbonyl (C=O) groups excluding carboxylic acids is 2. The first-order valence-corrected chi connectivity index (χ1v) is 10.1. The number of rotatable bonds is 7. The van der Waals surface area contributed by atoms with Crippen LogP contribution in [0.25, 0.3) is 0 Å². The van der Waals surface area contributed by atoms with Gasteiger partial charge in [-0.2, -0.15) is 0 Å². The first-order valence-electron chi connectivity index (χ1n) is 9.09. The number of amides is 2. The van der Waals surface area contributed by atoms with E-state index in [-0.39, 0.29) is 17.6 Å². The molecule has 0 aliphatic rings. The Labute approximate surface area is 174 Å². The molecule has 0 fully saturated rings. The largest absolute Gasteiger partial charge is 0.497 e. The minimum atomic E-state index is -0.236. The maximum Gasteiger partial charge on any atom is 0.256 e. The Morgan fingerprint density at radius 1 is 0.897 bits per heavy atom. The lowest BCUT2D eigenvalue weighted by atomic mass is 10.2. The average molecular weight is 407 g/mol. The first-order chi connectivity index (χ1) is 14.0. The number of hydrogen-bond donors (Lipinski definition) is 2. The molecule has 0 atom stereocenters. The summed E-state index contributed by atoms with van der Waals surface area (Å²) in [6.45, 7) is 1.99. The average Bonchev–Trinajstić information content (AvgIpc) is 2.74. The van der Waals surface area contributed by atoms with Gasteiger partial charge in [0.15, 0.2) is 0 Å². The van der Waals surface area contributed by atoms with Gasteiger partial charge in [-0.3, -0.25) is 9.59 Å². The molecule has 0 saturated carbocycles. The van der Waals surface area contributed by atoms with Crippen LogP contribution in [0.3, 0.4) is 0 Å². The molecule has 3 aromatic rings. The molecular weight excluding hydrogens is 384 g/mol. The van der Waals surface area contributed by atoms with Crippen molar-refractivity contribution in [3.05, 3.63) is 83.9 Å². The summed E-state index contributed by atoms with van der Waals surface area (Å²) >= 11 is 1.33. The fourth-order valence-electron chi connectivity index (χ4n) is 2.66. The van der Waals surface area contributed by atoms with Gasteiger partial charge < -0.3 is 15.4 Å². The maximum absolute atomic E-state index is 12.7. The number of ether oxygens (including phenoxy) is 1. The molecule has 3 rings (SSSR count). The highest BCUT2D eigenvalue weighted by Gasteiger charge is 2.13. The molecule has 5 nitrogen and oxygen atoms in total. The van der Waals surface area contributed by atoms with Crippen LogP contribution in [0, 0.1) is 6.92 Å². The summed E-state index contributed by atoms with van der Waals surface area (Å²) in [6.07, 6.45) is 0. The monoisotopic (exact) mass is 406 g/mol. The lowest BCUT2D eigenvalue weighted by Gasteiger charge is -2.11. The van der Waals surface area contributed by atoms with Gasteiger partial charge in [0.25, 0.3) is 5.91 Å². The van der Waals surface area contributed by atoms with Crippen molar-refractivity contribution >= 4 is 35.0 Å². The number of anilines is 2. The van der Waals surface area contributed by atoms with Crippen LogP contribution in [0.15, 0.2) is 77.7 Å². The molecule has 2 amide bonds. The highest BCUT2D eigenvalue weighted by atomic mass is 32.2. The Bertz CT molecular complexity index is 1000. The van der Waals surface area contributed by atoms with E-state index in [2.05, 4.69) is 10.6 Å². The van der Waals surface area contributed by atoms with Crippen LogP contribution in [0.4, 0.5) is 11.4 Å². The molecule has 0 bridgehead atoms. The van der Waals surface area contributed by atoms with Crippen molar-refractivity contribution in [2.45, 2.75) is 11.8 Å². The predicted molar refractivity (Wildman–Crippen MR) is 118 cm³/mol. The molecular formula is C23H22N2O3S. The summed E-state index contributed by atoms with van der Waals surface area (Å²) < 4.78 is 5.19. The predicted octanol–water partition coefficient (Wildman–Crippen LogP) is 4.99. The molecule has 0 spiro atoms. The molecule has 29 heavy (non-hydrogen) atoms.